The van der Waals surface area contributed by atoms with Crippen LogP contribution in [0.15, 0.2) is 36.4 Å². The van der Waals surface area contributed by atoms with E-state index in [2.05, 4.69) is 0 Å². The van der Waals surface area contributed by atoms with Crippen LogP contribution in [0.4, 0.5) is 22.0 Å². The lowest BCUT2D eigenvalue weighted by molar-refractivity contribution is 0.368. The highest BCUT2D eigenvalue weighted by atomic mass is 19.2. The van der Waals surface area contributed by atoms with Crippen molar-refractivity contribution in [3.63, 3.8) is 0 Å². The Morgan fingerprint density at radius 1 is 0.780 bits per heavy atom. The first-order valence-electron chi connectivity index (χ1n) is 15.0. The molecule has 0 saturated heterocycles. The summed E-state index contributed by atoms with van der Waals surface area (Å²) in [4.78, 5) is 0. The molecule has 216 valence electrons. The van der Waals surface area contributed by atoms with Crippen molar-refractivity contribution < 1.29 is 22.0 Å². The van der Waals surface area contributed by atoms with Gasteiger partial charge in [-0.2, -0.15) is 5.26 Å². The van der Waals surface area contributed by atoms with E-state index in [1.807, 2.05) is 13.0 Å². The van der Waals surface area contributed by atoms with Crippen LogP contribution in [0.2, 0.25) is 0 Å². The average Bonchev–Trinajstić information content (AvgIpc) is 2.97. The van der Waals surface area contributed by atoms with Gasteiger partial charge >= 0.3 is 0 Å². The number of unbranched alkanes of at least 4 members (excludes halogenated alkanes) is 1. The molecule has 1 atom stereocenters. The number of rotatable bonds is 8. The monoisotopic (exact) mass is 565 g/mol. The Morgan fingerprint density at radius 2 is 1.46 bits per heavy atom. The fourth-order valence-corrected chi connectivity index (χ4v) is 6.89. The van der Waals surface area contributed by atoms with E-state index in [-0.39, 0.29) is 28.9 Å². The first-order chi connectivity index (χ1) is 19.8. The summed E-state index contributed by atoms with van der Waals surface area (Å²) in [5.74, 6) is -2.96. The van der Waals surface area contributed by atoms with Crippen molar-refractivity contribution in [3.05, 3.63) is 104 Å². The Balaban J connectivity index is 1.22. The van der Waals surface area contributed by atoms with E-state index in [1.165, 1.54) is 18.2 Å². The third kappa shape index (κ3) is 6.20. The molecule has 3 aromatic rings. The zero-order valence-corrected chi connectivity index (χ0v) is 23.5. The van der Waals surface area contributed by atoms with Gasteiger partial charge in [0.25, 0.3) is 0 Å². The molecule has 6 heteroatoms. The van der Waals surface area contributed by atoms with E-state index in [1.54, 1.807) is 18.2 Å². The van der Waals surface area contributed by atoms with Crippen molar-refractivity contribution in [1.82, 2.24) is 0 Å². The summed E-state index contributed by atoms with van der Waals surface area (Å²) >= 11 is 0. The molecular weight excluding hydrogens is 529 g/mol. The standard InChI is InChI=1S/C35H36F5N/c1-2-3-4-24-12-13-25(34(39)33(24)38)7-5-21-6-16-29-28(17-21)19-31(37)32(35(29)40)23-10-8-22(9-11-23)26-14-15-27(20-41)30(36)18-26/h12-15,18-19,21-23H,2-11,16-17H2,1H3. The van der Waals surface area contributed by atoms with Crippen molar-refractivity contribution in [2.45, 2.75) is 95.8 Å². The number of nitrogens with zero attached hydrogens (tertiary/aromatic N) is 1. The zero-order chi connectivity index (χ0) is 29.1. The number of aryl methyl sites for hydroxylation is 2. The number of fused-ring (bicyclic) bond motifs is 1. The minimum atomic E-state index is -0.768. The summed E-state index contributed by atoms with van der Waals surface area (Å²) in [6.45, 7) is 2.01. The maximum atomic E-state index is 15.7. The number of benzene rings is 3. The van der Waals surface area contributed by atoms with Gasteiger partial charge in [0.2, 0.25) is 0 Å². The first-order valence-corrected chi connectivity index (χ1v) is 15.0. The van der Waals surface area contributed by atoms with Gasteiger partial charge in [-0.3, -0.25) is 0 Å². The van der Waals surface area contributed by atoms with Crippen molar-refractivity contribution >= 4 is 0 Å². The fraction of sp³-hybridized carbons (Fsp3) is 0.457. The second-order valence-corrected chi connectivity index (χ2v) is 11.9. The average molecular weight is 566 g/mol. The quantitative estimate of drug-likeness (QED) is 0.249. The number of hydrogen-bond acceptors (Lipinski definition) is 1. The zero-order valence-electron chi connectivity index (χ0n) is 23.5. The summed E-state index contributed by atoms with van der Waals surface area (Å²) < 4.78 is 74.4. The summed E-state index contributed by atoms with van der Waals surface area (Å²) in [5.41, 5.74) is 3.06. The highest BCUT2D eigenvalue weighted by Crippen LogP contribution is 2.44. The smallest absolute Gasteiger partial charge is 0.162 e. The van der Waals surface area contributed by atoms with E-state index in [0.717, 1.165) is 24.8 Å². The Kier molecular flexibility index (Phi) is 9.12. The Bertz CT molecular complexity index is 1450. The van der Waals surface area contributed by atoms with Gasteiger partial charge in [0, 0.05) is 5.56 Å². The van der Waals surface area contributed by atoms with Gasteiger partial charge in [-0.05, 0) is 134 Å². The third-order valence-corrected chi connectivity index (χ3v) is 9.34. The molecule has 1 fully saturated rings. The minimum absolute atomic E-state index is 0.0143. The molecule has 0 radical (unpaired) electrons. The molecule has 1 unspecified atom stereocenters. The van der Waals surface area contributed by atoms with Gasteiger partial charge in [0.1, 0.15) is 23.5 Å². The summed E-state index contributed by atoms with van der Waals surface area (Å²) in [5, 5.41) is 8.97. The van der Waals surface area contributed by atoms with Crippen LogP contribution in [0.5, 0.6) is 0 Å². The van der Waals surface area contributed by atoms with E-state index >= 15 is 8.78 Å². The molecule has 0 bridgehead atoms. The lowest BCUT2D eigenvalue weighted by atomic mass is 9.74. The van der Waals surface area contributed by atoms with Crippen LogP contribution in [0, 0.1) is 46.3 Å². The molecule has 0 aliphatic heterocycles. The molecule has 41 heavy (non-hydrogen) atoms. The maximum absolute atomic E-state index is 15.7. The molecule has 0 N–H and O–H groups in total. The Labute approximate surface area is 239 Å². The van der Waals surface area contributed by atoms with Gasteiger partial charge in [0.15, 0.2) is 11.6 Å². The van der Waals surface area contributed by atoms with E-state index in [9.17, 15) is 13.2 Å². The maximum Gasteiger partial charge on any atom is 0.162 e. The molecule has 2 aliphatic rings. The summed E-state index contributed by atoms with van der Waals surface area (Å²) in [6, 6.07) is 11.4. The number of nitriles is 1. The van der Waals surface area contributed by atoms with Crippen LogP contribution >= 0.6 is 0 Å². The molecule has 1 nitrogen and oxygen atoms in total. The predicted octanol–water partition coefficient (Wildman–Crippen LogP) is 9.78. The molecule has 3 aromatic carbocycles. The molecular formula is C35H36F5N. The second kappa shape index (κ2) is 12.8. The van der Waals surface area contributed by atoms with Crippen molar-refractivity contribution in [2.24, 2.45) is 5.92 Å². The third-order valence-electron chi connectivity index (χ3n) is 9.34. The van der Waals surface area contributed by atoms with Crippen LogP contribution in [0.3, 0.4) is 0 Å². The molecule has 1 saturated carbocycles. The minimum Gasteiger partial charge on any atom is -0.207 e. The molecule has 5 rings (SSSR count). The van der Waals surface area contributed by atoms with E-state index < -0.39 is 29.1 Å². The van der Waals surface area contributed by atoms with Crippen LogP contribution in [-0.2, 0) is 25.7 Å². The Hall–Kier alpha value is -3.20. The molecule has 0 aromatic heterocycles. The van der Waals surface area contributed by atoms with Gasteiger partial charge in [-0.25, -0.2) is 22.0 Å². The Morgan fingerprint density at radius 3 is 2.12 bits per heavy atom. The lowest BCUT2D eigenvalue weighted by Gasteiger charge is -2.32. The molecule has 0 heterocycles. The van der Waals surface area contributed by atoms with Gasteiger partial charge in [0.05, 0.1) is 5.56 Å². The summed E-state index contributed by atoms with van der Waals surface area (Å²) in [6.07, 6.45) is 7.66. The largest absolute Gasteiger partial charge is 0.207 e. The number of halogens is 5. The van der Waals surface area contributed by atoms with E-state index in [4.69, 9.17) is 5.26 Å². The van der Waals surface area contributed by atoms with Crippen LogP contribution in [-0.4, -0.2) is 0 Å². The number of hydrogen-bond donors (Lipinski definition) is 0. The SMILES string of the molecule is CCCCc1ccc(CCC2CCc3c(cc(F)c(C4CCC(c5ccc(C#N)c(F)c5)CC4)c3F)C2)c(F)c1F. The highest BCUT2D eigenvalue weighted by Gasteiger charge is 2.32. The van der Waals surface area contributed by atoms with Gasteiger partial charge in [-0.15, -0.1) is 0 Å². The molecule has 0 amide bonds. The topological polar surface area (TPSA) is 23.8 Å². The van der Waals surface area contributed by atoms with Crippen LogP contribution in [0.1, 0.15) is 109 Å². The van der Waals surface area contributed by atoms with Crippen LogP contribution in [0.25, 0.3) is 0 Å². The lowest BCUT2D eigenvalue weighted by Crippen LogP contribution is -2.21. The summed E-state index contributed by atoms with van der Waals surface area (Å²) in [7, 11) is 0. The highest BCUT2D eigenvalue weighted by molar-refractivity contribution is 5.40. The predicted molar refractivity (Wildman–Crippen MR) is 150 cm³/mol. The van der Waals surface area contributed by atoms with E-state index in [0.29, 0.717) is 80.0 Å². The second-order valence-electron chi connectivity index (χ2n) is 11.9. The molecule has 0 spiro atoms. The normalized spacial score (nSPS) is 20.5. The van der Waals surface area contributed by atoms with Crippen molar-refractivity contribution in [2.75, 3.05) is 0 Å². The van der Waals surface area contributed by atoms with Gasteiger partial charge in [-0.1, -0.05) is 31.5 Å². The van der Waals surface area contributed by atoms with Gasteiger partial charge < -0.3 is 0 Å². The first kappa shape index (κ1) is 29.3. The fourth-order valence-electron chi connectivity index (χ4n) is 6.89. The van der Waals surface area contributed by atoms with Crippen molar-refractivity contribution in [3.8, 4) is 6.07 Å². The van der Waals surface area contributed by atoms with Crippen LogP contribution < -0.4 is 0 Å². The van der Waals surface area contributed by atoms with Crippen molar-refractivity contribution in [1.29, 1.82) is 5.26 Å². The molecule has 2 aliphatic carbocycles.